The van der Waals surface area contributed by atoms with Gasteiger partial charge >= 0.3 is 0 Å². The molecule has 0 saturated carbocycles. The SMILES string of the molecule is CCNC(=NCc1nnc2ccccn12)NCC(C)(C)c1cccc(Cl)c1. The van der Waals surface area contributed by atoms with Crippen LogP contribution in [0.4, 0.5) is 0 Å². The van der Waals surface area contributed by atoms with Crippen LogP contribution in [0.3, 0.4) is 0 Å². The average molecular weight is 385 g/mol. The van der Waals surface area contributed by atoms with Crippen molar-refractivity contribution in [3.8, 4) is 0 Å². The number of nitrogens with zero attached hydrogens (tertiary/aromatic N) is 4. The van der Waals surface area contributed by atoms with Crippen LogP contribution in [0.1, 0.15) is 32.2 Å². The Morgan fingerprint density at radius 2 is 2.00 bits per heavy atom. The summed E-state index contributed by atoms with van der Waals surface area (Å²) in [6, 6.07) is 13.8. The van der Waals surface area contributed by atoms with Crippen molar-refractivity contribution in [2.75, 3.05) is 13.1 Å². The van der Waals surface area contributed by atoms with Gasteiger partial charge in [0.1, 0.15) is 6.54 Å². The molecule has 2 N–H and O–H groups in total. The highest BCUT2D eigenvalue weighted by atomic mass is 35.5. The third-order valence-corrected chi connectivity index (χ3v) is 4.65. The lowest BCUT2D eigenvalue weighted by Crippen LogP contribution is -2.43. The molecule has 0 bridgehead atoms. The minimum atomic E-state index is -0.0946. The van der Waals surface area contributed by atoms with Crippen LogP contribution < -0.4 is 10.6 Å². The second-order valence-corrected chi connectivity index (χ2v) is 7.42. The molecule has 0 spiro atoms. The van der Waals surface area contributed by atoms with E-state index < -0.39 is 0 Å². The summed E-state index contributed by atoms with van der Waals surface area (Å²) in [6.07, 6.45) is 1.95. The largest absolute Gasteiger partial charge is 0.357 e. The molecule has 0 aliphatic heterocycles. The molecule has 0 radical (unpaired) electrons. The van der Waals surface area contributed by atoms with Gasteiger partial charge in [-0.15, -0.1) is 10.2 Å². The summed E-state index contributed by atoms with van der Waals surface area (Å²) in [4.78, 5) is 4.67. The van der Waals surface area contributed by atoms with E-state index in [1.807, 2.05) is 53.9 Å². The highest BCUT2D eigenvalue weighted by Gasteiger charge is 2.21. The Hall–Kier alpha value is -2.60. The summed E-state index contributed by atoms with van der Waals surface area (Å²) in [5, 5.41) is 15.9. The maximum atomic E-state index is 6.15. The molecule has 0 aliphatic carbocycles. The predicted octanol–water partition coefficient (Wildman–Crippen LogP) is 3.42. The summed E-state index contributed by atoms with van der Waals surface area (Å²) >= 11 is 6.15. The number of hydrogen-bond donors (Lipinski definition) is 2. The second kappa shape index (κ2) is 8.39. The molecule has 142 valence electrons. The van der Waals surface area contributed by atoms with E-state index in [4.69, 9.17) is 11.6 Å². The first kappa shape index (κ1) is 19.2. The number of fused-ring (bicyclic) bond motifs is 1. The number of halogens is 1. The van der Waals surface area contributed by atoms with Crippen LogP contribution in [-0.4, -0.2) is 33.6 Å². The molecule has 7 heteroatoms. The summed E-state index contributed by atoms with van der Waals surface area (Å²) in [5.74, 6) is 1.55. The van der Waals surface area contributed by atoms with E-state index in [2.05, 4.69) is 45.7 Å². The van der Waals surface area contributed by atoms with E-state index in [0.29, 0.717) is 6.54 Å². The van der Waals surface area contributed by atoms with Crippen molar-refractivity contribution >= 4 is 23.2 Å². The zero-order chi connectivity index (χ0) is 19.3. The molecular weight excluding hydrogens is 360 g/mol. The number of guanidine groups is 1. The van der Waals surface area contributed by atoms with Gasteiger partial charge in [0.25, 0.3) is 0 Å². The predicted molar refractivity (Wildman–Crippen MR) is 110 cm³/mol. The average Bonchev–Trinajstić information content (AvgIpc) is 3.07. The lowest BCUT2D eigenvalue weighted by molar-refractivity contribution is 0.508. The summed E-state index contributed by atoms with van der Waals surface area (Å²) in [7, 11) is 0. The highest BCUT2D eigenvalue weighted by Crippen LogP contribution is 2.24. The molecule has 0 aliphatic rings. The van der Waals surface area contributed by atoms with Crippen molar-refractivity contribution < 1.29 is 0 Å². The quantitative estimate of drug-likeness (QED) is 0.505. The normalized spacial score (nSPS) is 12.4. The van der Waals surface area contributed by atoms with Crippen LogP contribution in [0.2, 0.25) is 5.02 Å². The first-order valence-electron chi connectivity index (χ1n) is 9.06. The van der Waals surface area contributed by atoms with Crippen molar-refractivity contribution in [2.24, 2.45) is 4.99 Å². The molecule has 27 heavy (non-hydrogen) atoms. The molecule has 1 aromatic carbocycles. The van der Waals surface area contributed by atoms with Gasteiger partial charge in [-0.3, -0.25) is 4.40 Å². The number of rotatable bonds is 6. The maximum Gasteiger partial charge on any atom is 0.191 e. The fraction of sp³-hybridized carbons (Fsp3) is 0.350. The van der Waals surface area contributed by atoms with Crippen molar-refractivity contribution in [1.29, 1.82) is 0 Å². The Morgan fingerprint density at radius 1 is 1.15 bits per heavy atom. The van der Waals surface area contributed by atoms with Gasteiger partial charge in [-0.1, -0.05) is 43.6 Å². The zero-order valence-electron chi connectivity index (χ0n) is 15.9. The van der Waals surface area contributed by atoms with Crippen LogP contribution in [0.5, 0.6) is 0 Å². The molecule has 3 aromatic rings. The van der Waals surface area contributed by atoms with E-state index in [1.54, 1.807) is 0 Å². The van der Waals surface area contributed by atoms with Crippen LogP contribution >= 0.6 is 11.6 Å². The molecule has 6 nitrogen and oxygen atoms in total. The fourth-order valence-electron chi connectivity index (χ4n) is 2.81. The van der Waals surface area contributed by atoms with Crippen molar-refractivity contribution in [3.05, 3.63) is 65.1 Å². The van der Waals surface area contributed by atoms with Gasteiger partial charge in [-0.05, 0) is 36.8 Å². The van der Waals surface area contributed by atoms with E-state index in [-0.39, 0.29) is 5.41 Å². The van der Waals surface area contributed by atoms with Crippen molar-refractivity contribution in [3.63, 3.8) is 0 Å². The third-order valence-electron chi connectivity index (χ3n) is 4.41. The lowest BCUT2D eigenvalue weighted by Gasteiger charge is -2.27. The van der Waals surface area contributed by atoms with Crippen LogP contribution in [0, 0.1) is 0 Å². The standard InChI is InChI=1S/C20H25ClN6/c1-4-22-19(23-13-18-26-25-17-10-5-6-11-27(17)18)24-14-20(2,3)15-8-7-9-16(21)12-15/h5-12H,4,13-14H2,1-3H3,(H2,22,23,24). The number of pyridine rings is 1. The van der Waals surface area contributed by atoms with E-state index in [1.165, 1.54) is 5.56 Å². The van der Waals surface area contributed by atoms with Crippen molar-refractivity contribution in [1.82, 2.24) is 25.2 Å². The highest BCUT2D eigenvalue weighted by molar-refractivity contribution is 6.30. The fourth-order valence-corrected chi connectivity index (χ4v) is 3.00. The van der Waals surface area contributed by atoms with E-state index in [0.717, 1.165) is 35.5 Å². The summed E-state index contributed by atoms with van der Waals surface area (Å²) in [6.45, 7) is 8.36. The number of aliphatic imine (C=N–C) groups is 1. The molecule has 0 atom stereocenters. The minimum absolute atomic E-state index is 0.0946. The summed E-state index contributed by atoms with van der Waals surface area (Å²) in [5.41, 5.74) is 1.91. The van der Waals surface area contributed by atoms with Crippen LogP contribution in [-0.2, 0) is 12.0 Å². The Kier molecular flexibility index (Phi) is 5.96. The molecular formula is C20H25ClN6. The Labute approximate surface area is 164 Å². The Bertz CT molecular complexity index is 931. The maximum absolute atomic E-state index is 6.15. The van der Waals surface area contributed by atoms with Gasteiger partial charge in [0, 0.05) is 29.7 Å². The smallest absolute Gasteiger partial charge is 0.191 e. The van der Waals surface area contributed by atoms with Crippen LogP contribution in [0.25, 0.3) is 5.65 Å². The molecule has 0 unspecified atom stereocenters. The van der Waals surface area contributed by atoms with Gasteiger partial charge in [0.15, 0.2) is 17.4 Å². The molecule has 0 fully saturated rings. The van der Waals surface area contributed by atoms with Gasteiger partial charge in [-0.25, -0.2) is 4.99 Å². The molecule has 2 heterocycles. The second-order valence-electron chi connectivity index (χ2n) is 6.99. The third kappa shape index (κ3) is 4.77. The molecule has 3 rings (SSSR count). The Morgan fingerprint density at radius 3 is 2.78 bits per heavy atom. The summed E-state index contributed by atoms with van der Waals surface area (Å²) < 4.78 is 1.95. The first-order valence-corrected chi connectivity index (χ1v) is 9.44. The van der Waals surface area contributed by atoms with Gasteiger partial charge in [0.2, 0.25) is 0 Å². The van der Waals surface area contributed by atoms with Gasteiger partial charge in [0.05, 0.1) is 0 Å². The Balaban J connectivity index is 1.70. The van der Waals surface area contributed by atoms with Gasteiger partial charge in [-0.2, -0.15) is 0 Å². The minimum Gasteiger partial charge on any atom is -0.357 e. The lowest BCUT2D eigenvalue weighted by atomic mass is 9.84. The monoisotopic (exact) mass is 384 g/mol. The molecule has 0 saturated heterocycles. The van der Waals surface area contributed by atoms with Gasteiger partial charge < -0.3 is 10.6 Å². The van der Waals surface area contributed by atoms with E-state index in [9.17, 15) is 0 Å². The first-order chi connectivity index (χ1) is 13.0. The molecule has 0 amide bonds. The zero-order valence-corrected chi connectivity index (χ0v) is 16.7. The number of aromatic nitrogens is 3. The topological polar surface area (TPSA) is 66.6 Å². The van der Waals surface area contributed by atoms with E-state index >= 15 is 0 Å². The number of benzene rings is 1. The molecule has 2 aromatic heterocycles. The number of nitrogens with one attached hydrogen (secondary N) is 2. The van der Waals surface area contributed by atoms with Crippen LogP contribution in [0.15, 0.2) is 53.7 Å². The number of hydrogen-bond acceptors (Lipinski definition) is 3. The van der Waals surface area contributed by atoms with Crippen molar-refractivity contribution in [2.45, 2.75) is 32.7 Å².